The van der Waals surface area contributed by atoms with E-state index in [2.05, 4.69) is 16.3 Å². The van der Waals surface area contributed by atoms with E-state index in [9.17, 15) is 0 Å². The van der Waals surface area contributed by atoms with E-state index in [0.29, 0.717) is 24.6 Å². The van der Waals surface area contributed by atoms with Crippen molar-refractivity contribution in [2.45, 2.75) is 13.0 Å². The summed E-state index contributed by atoms with van der Waals surface area (Å²) in [4.78, 5) is 4.04. The number of furan rings is 1. The van der Waals surface area contributed by atoms with Crippen LogP contribution in [0.4, 0.5) is 0 Å². The van der Waals surface area contributed by atoms with Crippen LogP contribution in [0.3, 0.4) is 0 Å². The highest BCUT2D eigenvalue weighted by Gasteiger charge is 2.11. The van der Waals surface area contributed by atoms with Gasteiger partial charge in [-0.05, 0) is 38.4 Å². The van der Waals surface area contributed by atoms with Crippen LogP contribution in [-0.4, -0.2) is 48.6 Å². The number of thiocarbonyl (C=S) groups is 1. The van der Waals surface area contributed by atoms with E-state index >= 15 is 0 Å². The molecule has 0 aliphatic carbocycles. The Kier molecular flexibility index (Phi) is 6.93. The molecule has 6 heteroatoms. The molecule has 1 heterocycles. The van der Waals surface area contributed by atoms with E-state index in [4.69, 9.17) is 21.9 Å². The Bertz CT molecular complexity index is 411. The molecule has 104 valence electrons. The zero-order valence-electron chi connectivity index (χ0n) is 11.4. The summed E-state index contributed by atoms with van der Waals surface area (Å²) in [7, 11) is 4.03. The van der Waals surface area contributed by atoms with Crippen LogP contribution in [0.15, 0.2) is 22.8 Å². The summed E-state index contributed by atoms with van der Waals surface area (Å²) < 4.78 is 5.32. The molecule has 19 heavy (non-hydrogen) atoms. The Hall–Kier alpha value is -1.58. The molecule has 0 aromatic carbocycles. The van der Waals surface area contributed by atoms with Crippen molar-refractivity contribution in [1.29, 1.82) is 5.26 Å². The number of nitrogens with zero attached hydrogens (tertiary/aromatic N) is 3. The van der Waals surface area contributed by atoms with E-state index in [-0.39, 0.29) is 0 Å². The summed E-state index contributed by atoms with van der Waals surface area (Å²) in [6.07, 6.45) is 2.08. The van der Waals surface area contributed by atoms with E-state index in [1.807, 2.05) is 31.1 Å². The zero-order valence-corrected chi connectivity index (χ0v) is 12.2. The van der Waals surface area contributed by atoms with E-state index < -0.39 is 0 Å². The highest BCUT2D eigenvalue weighted by atomic mass is 32.1. The highest BCUT2D eigenvalue weighted by Crippen LogP contribution is 2.06. The number of nitrogens with one attached hydrogen (secondary N) is 1. The van der Waals surface area contributed by atoms with Crippen LogP contribution in [0, 0.1) is 11.3 Å². The van der Waals surface area contributed by atoms with E-state index in [1.165, 1.54) is 0 Å². The van der Waals surface area contributed by atoms with Gasteiger partial charge in [0.15, 0.2) is 5.11 Å². The third kappa shape index (κ3) is 6.22. The van der Waals surface area contributed by atoms with Gasteiger partial charge in [-0.2, -0.15) is 5.26 Å². The smallest absolute Gasteiger partial charge is 0.169 e. The zero-order chi connectivity index (χ0) is 14.1. The highest BCUT2D eigenvalue weighted by molar-refractivity contribution is 7.80. The second kappa shape index (κ2) is 8.51. The molecular weight excluding hydrogens is 260 g/mol. The molecule has 0 spiro atoms. The van der Waals surface area contributed by atoms with Crippen LogP contribution >= 0.6 is 12.2 Å². The molecule has 0 radical (unpaired) electrons. The lowest BCUT2D eigenvalue weighted by Gasteiger charge is -2.24. The summed E-state index contributed by atoms with van der Waals surface area (Å²) in [5.74, 6) is 0.842. The molecule has 0 aliphatic heterocycles. The molecule has 1 aromatic rings. The molecule has 5 nitrogen and oxygen atoms in total. The molecule has 0 fully saturated rings. The minimum absolute atomic E-state index is 0.441. The van der Waals surface area contributed by atoms with Crippen molar-refractivity contribution in [3.05, 3.63) is 24.2 Å². The Balaban J connectivity index is 2.47. The van der Waals surface area contributed by atoms with Crippen molar-refractivity contribution in [3.8, 4) is 6.07 Å². The average Bonchev–Trinajstić information content (AvgIpc) is 2.86. The van der Waals surface area contributed by atoms with Crippen molar-refractivity contribution in [2.75, 3.05) is 33.7 Å². The number of nitriles is 1. The van der Waals surface area contributed by atoms with E-state index in [0.717, 1.165) is 18.8 Å². The van der Waals surface area contributed by atoms with E-state index in [1.54, 1.807) is 6.26 Å². The van der Waals surface area contributed by atoms with Gasteiger partial charge in [0.05, 0.1) is 25.3 Å². The first-order valence-electron chi connectivity index (χ1n) is 6.20. The summed E-state index contributed by atoms with van der Waals surface area (Å²) in [5.41, 5.74) is 0. The summed E-state index contributed by atoms with van der Waals surface area (Å²) >= 11 is 5.36. The fourth-order valence-corrected chi connectivity index (χ4v) is 1.78. The monoisotopic (exact) mass is 280 g/mol. The van der Waals surface area contributed by atoms with Gasteiger partial charge in [-0.15, -0.1) is 0 Å². The van der Waals surface area contributed by atoms with Gasteiger partial charge in [0.2, 0.25) is 0 Å². The van der Waals surface area contributed by atoms with Crippen molar-refractivity contribution < 1.29 is 4.42 Å². The fraction of sp³-hybridized carbons (Fsp3) is 0.538. The van der Waals surface area contributed by atoms with Crippen LogP contribution < -0.4 is 5.32 Å². The maximum atomic E-state index is 8.70. The first kappa shape index (κ1) is 15.5. The lowest BCUT2D eigenvalue weighted by atomic mass is 10.3. The molecule has 0 atom stereocenters. The maximum Gasteiger partial charge on any atom is 0.169 e. The van der Waals surface area contributed by atoms with Crippen molar-refractivity contribution in [2.24, 2.45) is 0 Å². The van der Waals surface area contributed by atoms with Crippen molar-refractivity contribution in [3.63, 3.8) is 0 Å². The first-order valence-corrected chi connectivity index (χ1v) is 6.61. The van der Waals surface area contributed by atoms with Crippen LogP contribution in [0.1, 0.15) is 12.2 Å². The Morgan fingerprint density at radius 2 is 2.26 bits per heavy atom. The molecule has 0 unspecified atom stereocenters. The number of hydrogen-bond acceptors (Lipinski definition) is 4. The third-order valence-corrected chi connectivity index (χ3v) is 2.95. The summed E-state index contributed by atoms with van der Waals surface area (Å²) in [6, 6.07) is 5.89. The van der Waals surface area contributed by atoms with Crippen LogP contribution in [0.2, 0.25) is 0 Å². The molecule has 0 bridgehead atoms. The van der Waals surface area contributed by atoms with Crippen molar-refractivity contribution in [1.82, 2.24) is 15.1 Å². The predicted octanol–water partition coefficient (Wildman–Crippen LogP) is 1.43. The lowest BCUT2D eigenvalue weighted by Crippen LogP contribution is -2.42. The summed E-state index contributed by atoms with van der Waals surface area (Å²) in [5, 5.41) is 12.6. The van der Waals surface area contributed by atoms with Gasteiger partial charge in [0.25, 0.3) is 0 Å². The van der Waals surface area contributed by atoms with Gasteiger partial charge >= 0.3 is 0 Å². The molecule has 0 amide bonds. The third-order valence-electron chi connectivity index (χ3n) is 2.54. The minimum Gasteiger partial charge on any atom is -0.467 e. The van der Waals surface area contributed by atoms with Gasteiger partial charge in [-0.1, -0.05) is 0 Å². The topological polar surface area (TPSA) is 55.4 Å². The number of likely N-dealkylation sites (N-methyl/N-ethyl adjacent to an activating group) is 1. The molecule has 0 aliphatic rings. The molecule has 0 saturated heterocycles. The second-order valence-corrected chi connectivity index (χ2v) is 4.83. The van der Waals surface area contributed by atoms with Gasteiger partial charge in [0, 0.05) is 19.6 Å². The van der Waals surface area contributed by atoms with Crippen LogP contribution in [-0.2, 0) is 6.54 Å². The summed E-state index contributed by atoms with van der Waals surface area (Å²) in [6.45, 7) is 2.88. The quantitative estimate of drug-likeness (QED) is 0.763. The fourth-order valence-electron chi connectivity index (χ4n) is 1.53. The minimum atomic E-state index is 0.441. The molecule has 1 rings (SSSR count). The maximum absolute atomic E-state index is 8.70. The number of rotatable bonds is 7. The number of hydrogen-bond donors (Lipinski definition) is 1. The Morgan fingerprint density at radius 1 is 1.47 bits per heavy atom. The van der Waals surface area contributed by atoms with Crippen LogP contribution in [0.5, 0.6) is 0 Å². The van der Waals surface area contributed by atoms with Crippen LogP contribution in [0.25, 0.3) is 0 Å². The molecular formula is C13H20N4OS. The largest absolute Gasteiger partial charge is 0.467 e. The van der Waals surface area contributed by atoms with Gasteiger partial charge in [-0.25, -0.2) is 0 Å². The van der Waals surface area contributed by atoms with Crippen molar-refractivity contribution >= 4 is 17.3 Å². The van der Waals surface area contributed by atoms with Gasteiger partial charge < -0.3 is 19.5 Å². The Morgan fingerprint density at radius 3 is 2.84 bits per heavy atom. The molecule has 1 aromatic heterocycles. The molecule has 0 saturated carbocycles. The average molecular weight is 280 g/mol. The second-order valence-electron chi connectivity index (χ2n) is 4.44. The normalized spacial score (nSPS) is 10.2. The standard InChI is InChI=1S/C13H20N4OS/c1-16(2)9-7-15-13(19)17(8-4-6-14)11-12-5-3-10-18-12/h3,5,10H,4,7-9,11H2,1-2H3,(H,15,19). The molecule has 1 N–H and O–H groups in total. The predicted molar refractivity (Wildman–Crippen MR) is 78.5 cm³/mol. The van der Waals surface area contributed by atoms with Gasteiger partial charge in [-0.3, -0.25) is 0 Å². The van der Waals surface area contributed by atoms with Gasteiger partial charge in [0.1, 0.15) is 5.76 Å². The lowest BCUT2D eigenvalue weighted by molar-refractivity contribution is 0.357. The Labute approximate surface area is 119 Å². The SMILES string of the molecule is CN(C)CCNC(=S)N(CCC#N)Cc1ccco1. The first-order chi connectivity index (χ1) is 9.13.